The Morgan fingerprint density at radius 1 is 1.29 bits per heavy atom. The van der Waals surface area contributed by atoms with Crippen molar-refractivity contribution in [3.8, 4) is 0 Å². The summed E-state index contributed by atoms with van der Waals surface area (Å²) in [6.07, 6.45) is 0. The molecule has 0 aliphatic heterocycles. The first-order valence-corrected chi connectivity index (χ1v) is 6.00. The summed E-state index contributed by atoms with van der Waals surface area (Å²) in [6.45, 7) is 7.97. The van der Waals surface area contributed by atoms with Gasteiger partial charge in [-0.3, -0.25) is 0 Å². The van der Waals surface area contributed by atoms with Crippen molar-refractivity contribution >= 4 is 11.8 Å². The lowest BCUT2D eigenvalue weighted by molar-refractivity contribution is 0.164. The summed E-state index contributed by atoms with van der Waals surface area (Å²) in [4.78, 5) is 1.38. The zero-order chi connectivity index (χ0) is 10.4. The minimum absolute atomic E-state index is 0.813. The zero-order valence-corrected chi connectivity index (χ0v) is 9.99. The van der Waals surface area contributed by atoms with Gasteiger partial charge < -0.3 is 4.74 Å². The molecule has 0 spiro atoms. The second-order valence-corrected chi connectivity index (χ2v) is 4.45. The molecule has 0 aliphatic rings. The maximum absolute atomic E-state index is 5.30. The van der Waals surface area contributed by atoms with E-state index in [1.165, 1.54) is 16.0 Å². The van der Waals surface area contributed by atoms with Crippen LogP contribution in [0.15, 0.2) is 23.1 Å². The fourth-order valence-corrected chi connectivity index (χ4v) is 2.20. The Labute approximate surface area is 90.9 Å². The number of ether oxygens (including phenoxy) is 1. The van der Waals surface area contributed by atoms with E-state index in [4.69, 9.17) is 4.74 Å². The Bertz CT molecular complexity index is 284. The number of hydrogen-bond acceptors (Lipinski definition) is 2. The first-order chi connectivity index (χ1) is 6.74. The first kappa shape index (κ1) is 11.6. The highest BCUT2D eigenvalue weighted by Crippen LogP contribution is 2.23. The normalized spacial score (nSPS) is 10.5. The SMILES string of the molecule is CCOCCSc1cc(C)ccc1C. The third-order valence-electron chi connectivity index (χ3n) is 2.03. The van der Waals surface area contributed by atoms with Crippen molar-refractivity contribution < 1.29 is 4.74 Å². The van der Waals surface area contributed by atoms with Gasteiger partial charge in [-0.05, 0) is 32.4 Å². The van der Waals surface area contributed by atoms with Crippen LogP contribution in [0.3, 0.4) is 0 Å². The lowest BCUT2D eigenvalue weighted by Crippen LogP contribution is -1.96. The molecule has 0 heterocycles. The van der Waals surface area contributed by atoms with E-state index in [9.17, 15) is 0 Å². The number of hydrogen-bond donors (Lipinski definition) is 0. The molecule has 1 nitrogen and oxygen atoms in total. The van der Waals surface area contributed by atoms with Crippen molar-refractivity contribution in [3.05, 3.63) is 29.3 Å². The lowest BCUT2D eigenvalue weighted by atomic mass is 10.2. The van der Waals surface area contributed by atoms with Gasteiger partial charge in [0, 0.05) is 17.3 Å². The molecule has 0 amide bonds. The molecule has 2 heteroatoms. The van der Waals surface area contributed by atoms with Crippen molar-refractivity contribution in [2.45, 2.75) is 25.7 Å². The largest absolute Gasteiger partial charge is 0.381 e. The van der Waals surface area contributed by atoms with Gasteiger partial charge in [-0.2, -0.15) is 0 Å². The van der Waals surface area contributed by atoms with E-state index in [0.29, 0.717) is 0 Å². The molecule has 1 aromatic carbocycles. The summed E-state index contributed by atoms with van der Waals surface area (Å²) in [5.74, 6) is 1.04. The van der Waals surface area contributed by atoms with Crippen molar-refractivity contribution in [1.82, 2.24) is 0 Å². The summed E-state index contributed by atoms with van der Waals surface area (Å²) in [6, 6.07) is 6.58. The quantitative estimate of drug-likeness (QED) is 0.544. The Morgan fingerprint density at radius 2 is 2.07 bits per heavy atom. The topological polar surface area (TPSA) is 9.23 Å². The molecule has 78 valence electrons. The van der Waals surface area contributed by atoms with Gasteiger partial charge in [-0.1, -0.05) is 17.7 Å². The highest BCUT2D eigenvalue weighted by molar-refractivity contribution is 7.99. The molecule has 0 fully saturated rings. The van der Waals surface area contributed by atoms with Gasteiger partial charge in [0.15, 0.2) is 0 Å². The second kappa shape index (κ2) is 6.10. The van der Waals surface area contributed by atoms with E-state index >= 15 is 0 Å². The molecule has 1 rings (SSSR count). The average Bonchev–Trinajstić information content (AvgIpc) is 2.18. The van der Waals surface area contributed by atoms with Crippen molar-refractivity contribution in [2.24, 2.45) is 0 Å². The summed E-state index contributed by atoms with van der Waals surface area (Å²) >= 11 is 1.88. The molecule has 0 aliphatic carbocycles. The van der Waals surface area contributed by atoms with Crippen molar-refractivity contribution in [3.63, 3.8) is 0 Å². The molecule has 0 radical (unpaired) electrons. The minimum Gasteiger partial charge on any atom is -0.381 e. The van der Waals surface area contributed by atoms with E-state index in [1.54, 1.807) is 0 Å². The predicted molar refractivity (Wildman–Crippen MR) is 63.1 cm³/mol. The Morgan fingerprint density at radius 3 is 2.79 bits per heavy atom. The molecular weight excluding hydrogens is 192 g/mol. The highest BCUT2D eigenvalue weighted by atomic mass is 32.2. The van der Waals surface area contributed by atoms with Crippen LogP contribution in [-0.2, 0) is 4.74 Å². The van der Waals surface area contributed by atoms with Crippen LogP contribution in [0, 0.1) is 13.8 Å². The molecule has 0 atom stereocenters. The van der Waals surface area contributed by atoms with Crippen molar-refractivity contribution in [1.29, 1.82) is 0 Å². The second-order valence-electron chi connectivity index (χ2n) is 3.31. The van der Waals surface area contributed by atoms with E-state index in [0.717, 1.165) is 19.0 Å². The monoisotopic (exact) mass is 210 g/mol. The molecular formula is C12H18OS. The third-order valence-corrected chi connectivity index (χ3v) is 3.15. The smallest absolute Gasteiger partial charge is 0.0560 e. The Balaban J connectivity index is 2.45. The average molecular weight is 210 g/mol. The maximum atomic E-state index is 5.30. The molecule has 1 aromatic rings. The van der Waals surface area contributed by atoms with E-state index in [-0.39, 0.29) is 0 Å². The molecule has 0 saturated carbocycles. The standard InChI is InChI=1S/C12H18OS/c1-4-13-7-8-14-12-9-10(2)5-6-11(12)3/h5-6,9H,4,7-8H2,1-3H3. The molecule has 0 N–H and O–H groups in total. The summed E-state index contributed by atoms with van der Waals surface area (Å²) < 4.78 is 5.30. The molecule has 0 unspecified atom stereocenters. The fraction of sp³-hybridized carbons (Fsp3) is 0.500. The predicted octanol–water partition coefficient (Wildman–Crippen LogP) is 3.43. The molecule has 0 saturated heterocycles. The summed E-state index contributed by atoms with van der Waals surface area (Å²) in [7, 11) is 0. The fourth-order valence-electron chi connectivity index (χ4n) is 1.22. The van der Waals surface area contributed by atoms with Gasteiger partial charge in [0.2, 0.25) is 0 Å². The number of aryl methyl sites for hydroxylation is 2. The van der Waals surface area contributed by atoms with Gasteiger partial charge >= 0.3 is 0 Å². The van der Waals surface area contributed by atoms with Gasteiger partial charge in [0.1, 0.15) is 0 Å². The summed E-state index contributed by atoms with van der Waals surface area (Å²) in [5.41, 5.74) is 2.69. The Hall–Kier alpha value is -0.470. The first-order valence-electron chi connectivity index (χ1n) is 5.02. The van der Waals surface area contributed by atoms with E-state index in [1.807, 2.05) is 18.7 Å². The van der Waals surface area contributed by atoms with E-state index < -0.39 is 0 Å². The van der Waals surface area contributed by atoms with Crippen LogP contribution in [-0.4, -0.2) is 19.0 Å². The number of thioether (sulfide) groups is 1. The highest BCUT2D eigenvalue weighted by Gasteiger charge is 1.98. The minimum atomic E-state index is 0.813. The van der Waals surface area contributed by atoms with Crippen LogP contribution in [0.4, 0.5) is 0 Å². The van der Waals surface area contributed by atoms with Gasteiger partial charge in [-0.25, -0.2) is 0 Å². The van der Waals surface area contributed by atoms with Gasteiger partial charge in [-0.15, -0.1) is 11.8 Å². The molecule has 0 bridgehead atoms. The van der Waals surface area contributed by atoms with E-state index in [2.05, 4.69) is 32.0 Å². The van der Waals surface area contributed by atoms with Crippen molar-refractivity contribution in [2.75, 3.05) is 19.0 Å². The zero-order valence-electron chi connectivity index (χ0n) is 9.17. The molecule has 0 aromatic heterocycles. The number of rotatable bonds is 5. The number of benzene rings is 1. The van der Waals surface area contributed by atoms with Crippen LogP contribution in [0.25, 0.3) is 0 Å². The van der Waals surface area contributed by atoms with Crippen LogP contribution in [0.2, 0.25) is 0 Å². The molecule has 14 heavy (non-hydrogen) atoms. The van der Waals surface area contributed by atoms with Crippen LogP contribution in [0.1, 0.15) is 18.1 Å². The van der Waals surface area contributed by atoms with Gasteiger partial charge in [0.25, 0.3) is 0 Å². The van der Waals surface area contributed by atoms with Crippen LogP contribution in [0.5, 0.6) is 0 Å². The maximum Gasteiger partial charge on any atom is 0.0560 e. The summed E-state index contributed by atoms with van der Waals surface area (Å²) in [5, 5.41) is 0. The third kappa shape index (κ3) is 3.72. The lowest BCUT2D eigenvalue weighted by Gasteiger charge is -2.06. The van der Waals surface area contributed by atoms with Crippen LogP contribution < -0.4 is 0 Å². The van der Waals surface area contributed by atoms with Gasteiger partial charge in [0.05, 0.1) is 6.61 Å². The Kier molecular flexibility index (Phi) is 5.05. The van der Waals surface area contributed by atoms with Crippen LogP contribution >= 0.6 is 11.8 Å².